The van der Waals surface area contributed by atoms with Gasteiger partial charge in [-0.25, -0.2) is 0 Å². The van der Waals surface area contributed by atoms with Crippen LogP contribution >= 0.6 is 0 Å². The van der Waals surface area contributed by atoms with Crippen LogP contribution in [-0.4, -0.2) is 25.0 Å². The molecular weight excluding hydrogens is 286 g/mol. The highest BCUT2D eigenvalue weighted by Gasteiger charge is 2.34. The average molecular weight is 309 g/mol. The maximum absolute atomic E-state index is 12.7. The van der Waals surface area contributed by atoms with Gasteiger partial charge in [-0.05, 0) is 56.0 Å². The molecule has 1 aromatic heterocycles. The van der Waals surface area contributed by atoms with E-state index in [4.69, 9.17) is 0 Å². The van der Waals surface area contributed by atoms with Gasteiger partial charge in [-0.3, -0.25) is 9.78 Å². The number of hydrogen-bond donors (Lipinski definition) is 1. The van der Waals surface area contributed by atoms with Gasteiger partial charge in [0, 0.05) is 31.0 Å². The summed E-state index contributed by atoms with van der Waals surface area (Å²) in [5.74, 6) is 0.471. The monoisotopic (exact) mass is 309 g/mol. The van der Waals surface area contributed by atoms with Crippen molar-refractivity contribution in [3.63, 3.8) is 0 Å². The molecule has 120 valence electrons. The van der Waals surface area contributed by atoms with Crippen molar-refractivity contribution in [1.82, 2.24) is 10.3 Å². The van der Waals surface area contributed by atoms with E-state index in [0.29, 0.717) is 11.5 Å². The molecule has 3 rings (SSSR count). The molecule has 1 aliphatic rings. The summed E-state index contributed by atoms with van der Waals surface area (Å²) in [4.78, 5) is 19.3. The first-order valence-corrected chi connectivity index (χ1v) is 8.06. The van der Waals surface area contributed by atoms with Crippen LogP contribution in [0.4, 0.5) is 5.69 Å². The molecule has 0 saturated heterocycles. The van der Waals surface area contributed by atoms with E-state index in [1.165, 1.54) is 0 Å². The van der Waals surface area contributed by atoms with Crippen molar-refractivity contribution >= 4 is 11.6 Å². The molecule has 0 radical (unpaired) electrons. The highest BCUT2D eigenvalue weighted by atomic mass is 16.1. The standard InChI is InChI=1S/C19H23N3O/c1-13-6-4-9-17(20-13)18(14-10-11-14)21-19(23)15-7-5-8-16(12-15)22(2)3/h4-9,12,14,18H,10-11H2,1-3H3,(H,21,23). The first-order chi connectivity index (χ1) is 11.0. The van der Waals surface area contributed by atoms with Crippen molar-refractivity contribution < 1.29 is 4.79 Å². The van der Waals surface area contributed by atoms with E-state index in [9.17, 15) is 4.79 Å². The van der Waals surface area contributed by atoms with Gasteiger partial charge in [0.2, 0.25) is 0 Å². The Bertz CT molecular complexity index is 707. The zero-order chi connectivity index (χ0) is 16.4. The molecule has 1 unspecified atom stereocenters. The molecule has 4 heteroatoms. The second-order valence-corrected chi connectivity index (χ2v) is 6.44. The number of pyridine rings is 1. The molecule has 1 saturated carbocycles. The number of nitrogens with zero attached hydrogens (tertiary/aromatic N) is 2. The molecule has 1 amide bonds. The molecule has 0 aliphatic heterocycles. The lowest BCUT2D eigenvalue weighted by atomic mass is 10.1. The summed E-state index contributed by atoms with van der Waals surface area (Å²) in [5, 5.41) is 3.18. The van der Waals surface area contributed by atoms with Crippen molar-refractivity contribution in [3.8, 4) is 0 Å². The fourth-order valence-electron chi connectivity index (χ4n) is 2.75. The number of carbonyl (C=O) groups is 1. The quantitative estimate of drug-likeness (QED) is 0.921. The number of aryl methyl sites for hydroxylation is 1. The van der Waals surface area contributed by atoms with Crippen LogP contribution < -0.4 is 10.2 Å². The molecule has 1 aliphatic carbocycles. The third kappa shape index (κ3) is 3.70. The van der Waals surface area contributed by atoms with Crippen LogP contribution in [0.1, 0.15) is 40.6 Å². The Kier molecular flexibility index (Phi) is 4.33. The van der Waals surface area contributed by atoms with E-state index >= 15 is 0 Å². The number of amides is 1. The molecular formula is C19H23N3O. The van der Waals surface area contributed by atoms with Gasteiger partial charge < -0.3 is 10.2 Å². The summed E-state index contributed by atoms with van der Waals surface area (Å²) >= 11 is 0. The highest BCUT2D eigenvalue weighted by molar-refractivity contribution is 5.95. The number of anilines is 1. The Morgan fingerprint density at radius 3 is 2.61 bits per heavy atom. The van der Waals surface area contributed by atoms with Crippen molar-refractivity contribution in [2.45, 2.75) is 25.8 Å². The Morgan fingerprint density at radius 1 is 1.22 bits per heavy atom. The highest BCUT2D eigenvalue weighted by Crippen LogP contribution is 2.40. The van der Waals surface area contributed by atoms with Gasteiger partial charge >= 0.3 is 0 Å². The maximum atomic E-state index is 12.7. The predicted molar refractivity (Wildman–Crippen MR) is 92.7 cm³/mol. The number of carbonyl (C=O) groups excluding carboxylic acids is 1. The van der Waals surface area contributed by atoms with Crippen molar-refractivity contribution in [3.05, 3.63) is 59.4 Å². The molecule has 1 atom stereocenters. The number of nitrogens with one attached hydrogen (secondary N) is 1. The van der Waals surface area contributed by atoms with Crippen molar-refractivity contribution in [1.29, 1.82) is 0 Å². The smallest absolute Gasteiger partial charge is 0.251 e. The summed E-state index contributed by atoms with van der Waals surface area (Å²) < 4.78 is 0. The van der Waals surface area contributed by atoms with E-state index in [0.717, 1.165) is 29.9 Å². The average Bonchev–Trinajstić information content (AvgIpc) is 3.37. The van der Waals surface area contributed by atoms with Gasteiger partial charge in [-0.15, -0.1) is 0 Å². The van der Waals surface area contributed by atoms with Crippen molar-refractivity contribution in [2.24, 2.45) is 5.92 Å². The number of rotatable bonds is 5. The fraction of sp³-hybridized carbons (Fsp3) is 0.368. The van der Waals surface area contributed by atoms with E-state index in [2.05, 4.69) is 10.3 Å². The maximum Gasteiger partial charge on any atom is 0.251 e. The minimum Gasteiger partial charge on any atom is -0.378 e. The molecule has 0 spiro atoms. The molecule has 23 heavy (non-hydrogen) atoms. The lowest BCUT2D eigenvalue weighted by Gasteiger charge is -2.19. The van der Waals surface area contributed by atoms with E-state index in [1.807, 2.05) is 68.4 Å². The predicted octanol–water partition coefficient (Wildman–Crippen LogP) is 3.34. The first kappa shape index (κ1) is 15.5. The summed E-state index contributed by atoms with van der Waals surface area (Å²) in [6.07, 6.45) is 2.30. The third-order valence-corrected chi connectivity index (χ3v) is 4.23. The Hall–Kier alpha value is -2.36. The Balaban J connectivity index is 1.80. The third-order valence-electron chi connectivity index (χ3n) is 4.23. The summed E-state index contributed by atoms with van der Waals surface area (Å²) in [5.41, 5.74) is 3.66. The number of benzene rings is 1. The summed E-state index contributed by atoms with van der Waals surface area (Å²) in [7, 11) is 3.95. The molecule has 2 aromatic rings. The fourth-order valence-corrected chi connectivity index (χ4v) is 2.75. The van der Waals surface area contributed by atoms with Crippen LogP contribution in [0.2, 0.25) is 0 Å². The molecule has 1 fully saturated rings. The molecule has 0 bridgehead atoms. The van der Waals surface area contributed by atoms with Gasteiger partial charge in [0.15, 0.2) is 0 Å². The molecule has 1 aromatic carbocycles. The second-order valence-electron chi connectivity index (χ2n) is 6.44. The van der Waals surface area contributed by atoms with Gasteiger partial charge in [0.05, 0.1) is 11.7 Å². The van der Waals surface area contributed by atoms with Crippen LogP contribution in [0.15, 0.2) is 42.5 Å². The van der Waals surface area contributed by atoms with Crippen LogP contribution in [0.5, 0.6) is 0 Å². The zero-order valence-corrected chi connectivity index (χ0v) is 13.9. The topological polar surface area (TPSA) is 45.2 Å². The van der Waals surface area contributed by atoms with Crippen LogP contribution in [0.25, 0.3) is 0 Å². The van der Waals surface area contributed by atoms with E-state index in [-0.39, 0.29) is 11.9 Å². The lowest BCUT2D eigenvalue weighted by Crippen LogP contribution is -2.30. The van der Waals surface area contributed by atoms with Crippen LogP contribution in [-0.2, 0) is 0 Å². The SMILES string of the molecule is Cc1cccc(C(NC(=O)c2cccc(N(C)C)c2)C2CC2)n1. The first-order valence-electron chi connectivity index (χ1n) is 8.06. The zero-order valence-electron chi connectivity index (χ0n) is 13.9. The van der Waals surface area contributed by atoms with E-state index in [1.54, 1.807) is 0 Å². The van der Waals surface area contributed by atoms with Gasteiger partial charge in [-0.1, -0.05) is 12.1 Å². The molecule has 1 N–H and O–H groups in total. The largest absolute Gasteiger partial charge is 0.378 e. The molecule has 1 heterocycles. The Labute approximate surface area is 137 Å². The van der Waals surface area contributed by atoms with Crippen LogP contribution in [0, 0.1) is 12.8 Å². The minimum atomic E-state index is -0.0334. The van der Waals surface area contributed by atoms with E-state index < -0.39 is 0 Å². The lowest BCUT2D eigenvalue weighted by molar-refractivity contribution is 0.0930. The van der Waals surface area contributed by atoms with Gasteiger partial charge in [0.25, 0.3) is 5.91 Å². The number of aromatic nitrogens is 1. The second kappa shape index (κ2) is 6.41. The summed E-state index contributed by atoms with van der Waals surface area (Å²) in [6.45, 7) is 1.98. The Morgan fingerprint density at radius 2 is 1.96 bits per heavy atom. The van der Waals surface area contributed by atoms with Crippen LogP contribution in [0.3, 0.4) is 0 Å². The molecule has 4 nitrogen and oxygen atoms in total. The summed E-state index contributed by atoms with van der Waals surface area (Å²) in [6, 6.07) is 13.7. The number of hydrogen-bond acceptors (Lipinski definition) is 3. The van der Waals surface area contributed by atoms with Gasteiger partial charge in [-0.2, -0.15) is 0 Å². The minimum absolute atomic E-state index is 0.00501. The van der Waals surface area contributed by atoms with Gasteiger partial charge in [0.1, 0.15) is 0 Å². The van der Waals surface area contributed by atoms with Crippen molar-refractivity contribution in [2.75, 3.05) is 19.0 Å². The normalized spacial score (nSPS) is 15.1.